The number of hydrogen-bond acceptors (Lipinski definition) is 5. The molecule has 0 radical (unpaired) electrons. The molecule has 0 fully saturated rings. The minimum Gasteiger partial charge on any atom is -0.497 e. The Bertz CT molecular complexity index is 1260. The fourth-order valence-corrected chi connectivity index (χ4v) is 3.46. The van der Waals surface area contributed by atoms with E-state index in [4.69, 9.17) is 9.47 Å². The summed E-state index contributed by atoms with van der Waals surface area (Å²) in [7, 11) is 3.16. The molecule has 1 aromatic heterocycles. The van der Waals surface area contributed by atoms with Crippen LogP contribution in [-0.4, -0.2) is 36.1 Å². The van der Waals surface area contributed by atoms with E-state index in [2.05, 4.69) is 15.6 Å². The Morgan fingerprint density at radius 2 is 1.59 bits per heavy atom. The van der Waals surface area contributed by atoms with Crippen LogP contribution in [0.3, 0.4) is 0 Å². The van der Waals surface area contributed by atoms with Crippen LogP contribution in [0.25, 0.3) is 16.9 Å². The van der Waals surface area contributed by atoms with Crippen LogP contribution in [0, 0.1) is 13.8 Å². The standard InChI is InChI=1S/C27H26N4O3/c1-18-5-9-20(10-6-18)25-16-24(30-31(25)22-11-7-19(2)8-12-22)27(32)29-28-17-21-15-23(33-3)13-14-26(21)34-4/h5-17H,1-4H3,(H,29,32)/b28-17-. The number of rotatable bonds is 7. The Labute approximate surface area is 198 Å². The molecule has 0 saturated heterocycles. The predicted molar refractivity (Wildman–Crippen MR) is 133 cm³/mol. The maximum atomic E-state index is 12.9. The van der Waals surface area contributed by atoms with Crippen LogP contribution >= 0.6 is 0 Å². The van der Waals surface area contributed by atoms with Crippen LogP contribution in [-0.2, 0) is 0 Å². The Balaban J connectivity index is 1.63. The van der Waals surface area contributed by atoms with Crippen molar-refractivity contribution in [3.8, 4) is 28.4 Å². The molecule has 1 heterocycles. The van der Waals surface area contributed by atoms with Gasteiger partial charge in [0.05, 0.1) is 31.8 Å². The second-order valence-corrected chi connectivity index (χ2v) is 7.84. The summed E-state index contributed by atoms with van der Waals surface area (Å²) in [5.74, 6) is 0.856. The number of amides is 1. The predicted octanol–water partition coefficient (Wildman–Crippen LogP) is 4.94. The van der Waals surface area contributed by atoms with E-state index in [1.807, 2.05) is 62.4 Å². The van der Waals surface area contributed by atoms with Gasteiger partial charge in [-0.1, -0.05) is 47.5 Å². The summed E-state index contributed by atoms with van der Waals surface area (Å²) in [5.41, 5.74) is 8.43. The van der Waals surface area contributed by atoms with E-state index in [9.17, 15) is 4.79 Å². The highest BCUT2D eigenvalue weighted by molar-refractivity contribution is 5.94. The van der Waals surface area contributed by atoms with Crippen molar-refractivity contribution in [2.24, 2.45) is 5.10 Å². The average molecular weight is 455 g/mol. The fourth-order valence-electron chi connectivity index (χ4n) is 3.46. The summed E-state index contributed by atoms with van der Waals surface area (Å²) in [4.78, 5) is 12.9. The van der Waals surface area contributed by atoms with Crippen molar-refractivity contribution in [1.82, 2.24) is 15.2 Å². The molecule has 172 valence electrons. The van der Waals surface area contributed by atoms with Gasteiger partial charge in [-0.25, -0.2) is 10.1 Å². The van der Waals surface area contributed by atoms with Gasteiger partial charge in [-0.15, -0.1) is 0 Å². The molecule has 1 N–H and O–H groups in total. The van der Waals surface area contributed by atoms with E-state index in [1.54, 1.807) is 43.2 Å². The van der Waals surface area contributed by atoms with Gasteiger partial charge < -0.3 is 9.47 Å². The number of methoxy groups -OCH3 is 2. The third-order valence-electron chi connectivity index (χ3n) is 5.37. The number of ether oxygens (including phenoxy) is 2. The third kappa shape index (κ3) is 4.99. The smallest absolute Gasteiger partial charge is 0.291 e. The second-order valence-electron chi connectivity index (χ2n) is 7.84. The maximum Gasteiger partial charge on any atom is 0.291 e. The van der Waals surface area contributed by atoms with Gasteiger partial charge in [0.15, 0.2) is 5.69 Å². The van der Waals surface area contributed by atoms with Gasteiger partial charge in [-0.2, -0.15) is 10.2 Å². The summed E-state index contributed by atoms with van der Waals surface area (Å²) in [6.45, 7) is 4.07. The first kappa shape index (κ1) is 22.8. The lowest BCUT2D eigenvalue weighted by atomic mass is 10.1. The first-order valence-corrected chi connectivity index (χ1v) is 10.8. The molecule has 0 aliphatic rings. The lowest BCUT2D eigenvalue weighted by Gasteiger charge is -2.08. The molecule has 0 spiro atoms. The largest absolute Gasteiger partial charge is 0.497 e. The normalized spacial score (nSPS) is 10.9. The van der Waals surface area contributed by atoms with Crippen LogP contribution in [0.4, 0.5) is 0 Å². The van der Waals surface area contributed by atoms with Crippen molar-refractivity contribution < 1.29 is 14.3 Å². The molecule has 3 aromatic carbocycles. The van der Waals surface area contributed by atoms with Crippen molar-refractivity contribution >= 4 is 12.1 Å². The van der Waals surface area contributed by atoms with Gasteiger partial charge in [0.1, 0.15) is 11.5 Å². The number of carbonyl (C=O) groups excluding carboxylic acids is 1. The van der Waals surface area contributed by atoms with Crippen LogP contribution in [0.2, 0.25) is 0 Å². The highest BCUT2D eigenvalue weighted by Crippen LogP contribution is 2.25. The van der Waals surface area contributed by atoms with E-state index in [1.165, 1.54) is 6.21 Å². The SMILES string of the molecule is COc1ccc(OC)c(/C=N\NC(=O)c2cc(-c3ccc(C)cc3)n(-c3ccc(C)cc3)n2)c1. The molecule has 0 saturated carbocycles. The van der Waals surface area contributed by atoms with E-state index >= 15 is 0 Å². The van der Waals surface area contributed by atoms with Crippen molar-refractivity contribution in [2.45, 2.75) is 13.8 Å². The number of benzene rings is 3. The monoisotopic (exact) mass is 454 g/mol. The highest BCUT2D eigenvalue weighted by atomic mass is 16.5. The molecule has 0 aliphatic heterocycles. The molecule has 4 aromatic rings. The Morgan fingerprint density at radius 3 is 2.24 bits per heavy atom. The van der Waals surface area contributed by atoms with Crippen molar-refractivity contribution in [3.63, 3.8) is 0 Å². The Hall–Kier alpha value is -4.39. The maximum absolute atomic E-state index is 12.9. The molecule has 0 unspecified atom stereocenters. The zero-order chi connectivity index (χ0) is 24.1. The summed E-state index contributed by atoms with van der Waals surface area (Å²) >= 11 is 0. The number of hydrogen-bond donors (Lipinski definition) is 1. The molecular formula is C27H26N4O3. The van der Waals surface area contributed by atoms with E-state index in [-0.39, 0.29) is 5.69 Å². The minimum absolute atomic E-state index is 0.255. The number of aryl methyl sites for hydroxylation is 2. The van der Waals surface area contributed by atoms with E-state index < -0.39 is 5.91 Å². The first-order valence-electron chi connectivity index (χ1n) is 10.8. The number of hydrazone groups is 1. The average Bonchev–Trinajstić information content (AvgIpc) is 3.30. The van der Waals surface area contributed by atoms with Gasteiger partial charge >= 0.3 is 0 Å². The second kappa shape index (κ2) is 10.0. The fraction of sp³-hybridized carbons (Fsp3) is 0.148. The van der Waals surface area contributed by atoms with Gasteiger partial charge in [-0.3, -0.25) is 4.79 Å². The van der Waals surface area contributed by atoms with Crippen molar-refractivity contribution in [2.75, 3.05) is 14.2 Å². The van der Waals surface area contributed by atoms with Crippen LogP contribution < -0.4 is 14.9 Å². The lowest BCUT2D eigenvalue weighted by molar-refractivity contribution is 0.0949. The molecule has 1 amide bonds. The topological polar surface area (TPSA) is 77.7 Å². The molecule has 7 heteroatoms. The number of nitrogens with one attached hydrogen (secondary N) is 1. The first-order chi connectivity index (χ1) is 16.5. The zero-order valence-corrected chi connectivity index (χ0v) is 19.6. The van der Waals surface area contributed by atoms with E-state index in [0.29, 0.717) is 17.1 Å². The lowest BCUT2D eigenvalue weighted by Crippen LogP contribution is -2.18. The summed E-state index contributed by atoms with van der Waals surface area (Å²) in [6.07, 6.45) is 1.51. The molecule has 0 atom stereocenters. The number of aromatic nitrogens is 2. The summed E-state index contributed by atoms with van der Waals surface area (Å²) in [5, 5.41) is 8.68. The van der Waals surface area contributed by atoms with Gasteiger partial charge in [-0.05, 0) is 50.2 Å². The summed E-state index contributed by atoms with van der Waals surface area (Å²) < 4.78 is 12.4. The molecular weight excluding hydrogens is 428 g/mol. The molecule has 0 bridgehead atoms. The number of nitrogens with zero attached hydrogens (tertiary/aromatic N) is 3. The third-order valence-corrected chi connectivity index (χ3v) is 5.37. The van der Waals surface area contributed by atoms with Crippen molar-refractivity contribution in [1.29, 1.82) is 0 Å². The molecule has 34 heavy (non-hydrogen) atoms. The minimum atomic E-state index is -0.419. The Morgan fingerprint density at radius 1 is 0.912 bits per heavy atom. The van der Waals surface area contributed by atoms with Crippen LogP contribution in [0.15, 0.2) is 77.9 Å². The molecule has 7 nitrogen and oxygen atoms in total. The summed E-state index contributed by atoms with van der Waals surface area (Å²) in [6, 6.07) is 23.2. The quantitative estimate of drug-likeness (QED) is 0.317. The zero-order valence-electron chi connectivity index (χ0n) is 19.6. The van der Waals surface area contributed by atoms with Gasteiger partial charge in [0, 0.05) is 11.1 Å². The molecule has 0 aliphatic carbocycles. The van der Waals surface area contributed by atoms with E-state index in [0.717, 1.165) is 28.1 Å². The van der Waals surface area contributed by atoms with Crippen molar-refractivity contribution in [3.05, 3.63) is 95.2 Å². The van der Waals surface area contributed by atoms with Gasteiger partial charge in [0.25, 0.3) is 5.91 Å². The number of carbonyl (C=O) groups is 1. The molecule has 4 rings (SSSR count). The highest BCUT2D eigenvalue weighted by Gasteiger charge is 2.16. The van der Waals surface area contributed by atoms with Gasteiger partial charge in [0.2, 0.25) is 0 Å². The van der Waals surface area contributed by atoms with Crippen LogP contribution in [0.5, 0.6) is 11.5 Å². The van der Waals surface area contributed by atoms with Crippen LogP contribution in [0.1, 0.15) is 27.2 Å². The Kier molecular flexibility index (Phi) is 6.73.